The van der Waals surface area contributed by atoms with Gasteiger partial charge in [-0.3, -0.25) is 9.48 Å². The Labute approximate surface area is 193 Å². The molecule has 168 valence electrons. The molecule has 4 N–H and O–H groups in total. The van der Waals surface area contributed by atoms with Crippen molar-refractivity contribution in [3.8, 4) is 17.1 Å². The summed E-state index contributed by atoms with van der Waals surface area (Å²) in [6.45, 7) is 0.551. The number of amides is 1. The van der Waals surface area contributed by atoms with Crippen molar-refractivity contribution in [3.63, 3.8) is 0 Å². The van der Waals surface area contributed by atoms with Crippen LogP contribution in [0.15, 0.2) is 36.7 Å². The van der Waals surface area contributed by atoms with Gasteiger partial charge in [-0.25, -0.2) is 9.97 Å². The van der Waals surface area contributed by atoms with Crippen LogP contribution in [0.2, 0.25) is 5.02 Å². The molecule has 0 bridgehead atoms. The molecule has 0 saturated heterocycles. The standard InChI is InChI=1S/C21H20ClN9O2/c1-31-10-15(29-30-31)28-21-24-9-7-13(27-21)17-18(16-12(25-17)6-8-23-20(16)32)26-14-5-3-4-11(22)19(14)33-2/h3-5,7,9-10,25-26H,6,8H2,1-2H3,(H,23,32)(H,24,27,28). The van der Waals surface area contributed by atoms with E-state index in [0.29, 0.717) is 63.8 Å². The predicted molar refractivity (Wildman–Crippen MR) is 123 cm³/mol. The molecule has 0 unspecified atom stereocenters. The third kappa shape index (κ3) is 3.94. The minimum atomic E-state index is -0.172. The first-order chi connectivity index (χ1) is 16.0. The fourth-order valence-corrected chi connectivity index (χ4v) is 3.97. The highest BCUT2D eigenvalue weighted by molar-refractivity contribution is 6.32. The van der Waals surface area contributed by atoms with Crippen LogP contribution in [0.25, 0.3) is 11.4 Å². The number of aryl methyl sites for hydroxylation is 1. The molecular weight excluding hydrogens is 446 g/mol. The lowest BCUT2D eigenvalue weighted by atomic mass is 10.1. The van der Waals surface area contributed by atoms with Crippen molar-refractivity contribution < 1.29 is 9.53 Å². The monoisotopic (exact) mass is 465 g/mol. The van der Waals surface area contributed by atoms with Gasteiger partial charge in [-0.1, -0.05) is 22.9 Å². The van der Waals surface area contributed by atoms with Gasteiger partial charge in [0.25, 0.3) is 5.91 Å². The number of aromatic amines is 1. The number of hydrogen-bond acceptors (Lipinski definition) is 8. The summed E-state index contributed by atoms with van der Waals surface area (Å²) in [5.41, 5.74) is 3.77. The summed E-state index contributed by atoms with van der Waals surface area (Å²) in [6, 6.07) is 7.13. The van der Waals surface area contributed by atoms with E-state index in [-0.39, 0.29) is 5.91 Å². The maximum Gasteiger partial charge on any atom is 0.255 e. The van der Waals surface area contributed by atoms with Crippen molar-refractivity contribution >= 4 is 40.6 Å². The molecule has 1 aliphatic rings. The van der Waals surface area contributed by atoms with Crippen LogP contribution in [0.3, 0.4) is 0 Å². The number of aromatic nitrogens is 6. The smallest absolute Gasteiger partial charge is 0.255 e. The molecule has 1 aromatic carbocycles. The van der Waals surface area contributed by atoms with Crippen LogP contribution in [-0.2, 0) is 13.5 Å². The molecule has 33 heavy (non-hydrogen) atoms. The highest BCUT2D eigenvalue weighted by Crippen LogP contribution is 2.40. The average Bonchev–Trinajstić information content (AvgIpc) is 3.38. The molecule has 0 atom stereocenters. The first kappa shape index (κ1) is 20.8. The van der Waals surface area contributed by atoms with Crippen molar-refractivity contribution in [2.45, 2.75) is 6.42 Å². The molecule has 0 saturated carbocycles. The second kappa shape index (κ2) is 8.43. The van der Waals surface area contributed by atoms with Crippen LogP contribution >= 0.6 is 11.6 Å². The number of hydrogen-bond donors (Lipinski definition) is 4. The molecule has 0 radical (unpaired) electrons. The van der Waals surface area contributed by atoms with Crippen molar-refractivity contribution in [3.05, 3.63) is 52.9 Å². The summed E-state index contributed by atoms with van der Waals surface area (Å²) in [4.78, 5) is 25.0. The van der Waals surface area contributed by atoms with E-state index in [1.165, 1.54) is 0 Å². The predicted octanol–water partition coefficient (Wildman–Crippen LogP) is 3.04. The van der Waals surface area contributed by atoms with Crippen LogP contribution in [0.4, 0.5) is 23.1 Å². The quantitative estimate of drug-likeness (QED) is 0.341. The first-order valence-electron chi connectivity index (χ1n) is 10.1. The topological polar surface area (TPSA) is 135 Å². The summed E-state index contributed by atoms with van der Waals surface area (Å²) in [5, 5.41) is 17.6. The Balaban J connectivity index is 1.59. The minimum absolute atomic E-state index is 0.172. The zero-order valence-electron chi connectivity index (χ0n) is 17.8. The van der Waals surface area contributed by atoms with Crippen molar-refractivity contribution in [1.82, 2.24) is 35.3 Å². The fourth-order valence-electron chi connectivity index (χ4n) is 3.72. The van der Waals surface area contributed by atoms with E-state index in [0.717, 1.165) is 5.69 Å². The SMILES string of the molecule is COc1c(Cl)cccc1Nc1c(-c2ccnc(Nc3cn(C)nn3)n2)[nH]c2c1C(=O)NCC2. The van der Waals surface area contributed by atoms with Crippen molar-refractivity contribution in [1.29, 1.82) is 0 Å². The van der Waals surface area contributed by atoms with E-state index in [1.807, 2.05) is 6.07 Å². The molecule has 11 nitrogen and oxygen atoms in total. The van der Waals surface area contributed by atoms with Crippen LogP contribution in [-0.4, -0.2) is 49.5 Å². The summed E-state index contributed by atoms with van der Waals surface area (Å²) in [5.74, 6) is 1.16. The number of nitrogens with zero attached hydrogens (tertiary/aromatic N) is 5. The molecular formula is C21H20ClN9O2. The number of methoxy groups -OCH3 is 1. The fraction of sp³-hybridized carbons (Fsp3) is 0.190. The van der Waals surface area contributed by atoms with Gasteiger partial charge in [-0.05, 0) is 18.2 Å². The van der Waals surface area contributed by atoms with Gasteiger partial charge in [-0.15, -0.1) is 5.10 Å². The number of carbonyl (C=O) groups excluding carboxylic acids is 1. The maximum atomic E-state index is 12.8. The Bertz CT molecular complexity index is 1350. The van der Waals surface area contributed by atoms with E-state index >= 15 is 0 Å². The Morgan fingerprint density at radius 1 is 1.24 bits per heavy atom. The number of rotatable bonds is 6. The third-order valence-corrected chi connectivity index (χ3v) is 5.45. The molecule has 0 spiro atoms. The number of ether oxygens (including phenoxy) is 1. The molecule has 5 rings (SSSR count). The van der Waals surface area contributed by atoms with Crippen molar-refractivity contribution in [2.24, 2.45) is 7.05 Å². The van der Waals surface area contributed by atoms with Gasteiger partial charge in [0.1, 0.15) is 0 Å². The first-order valence-corrected chi connectivity index (χ1v) is 10.5. The van der Waals surface area contributed by atoms with Gasteiger partial charge < -0.3 is 25.7 Å². The Morgan fingerprint density at radius 3 is 2.91 bits per heavy atom. The van der Waals surface area contributed by atoms with Gasteiger partial charge in [0.2, 0.25) is 5.95 Å². The Kier molecular flexibility index (Phi) is 5.31. The molecule has 0 fully saturated rings. The van der Waals surface area contributed by atoms with Crippen LogP contribution in [0.5, 0.6) is 5.75 Å². The Morgan fingerprint density at radius 2 is 2.12 bits per heavy atom. The van der Waals surface area contributed by atoms with E-state index in [1.54, 1.807) is 49.4 Å². The van der Waals surface area contributed by atoms with Gasteiger partial charge in [-0.2, -0.15) is 0 Å². The number of carbonyl (C=O) groups is 1. The summed E-state index contributed by atoms with van der Waals surface area (Å²) in [6.07, 6.45) is 4.01. The lowest BCUT2D eigenvalue weighted by Crippen LogP contribution is -2.31. The molecule has 3 aromatic heterocycles. The summed E-state index contributed by atoms with van der Waals surface area (Å²) >= 11 is 6.30. The molecule has 1 aliphatic heterocycles. The highest BCUT2D eigenvalue weighted by Gasteiger charge is 2.28. The van der Waals surface area contributed by atoms with Crippen LogP contribution in [0, 0.1) is 0 Å². The van der Waals surface area contributed by atoms with Crippen LogP contribution in [0.1, 0.15) is 16.1 Å². The largest absolute Gasteiger partial charge is 0.493 e. The number of benzene rings is 1. The molecule has 1 amide bonds. The number of para-hydroxylation sites is 1. The molecule has 4 heterocycles. The van der Waals surface area contributed by atoms with Gasteiger partial charge in [0.05, 0.1) is 46.7 Å². The minimum Gasteiger partial charge on any atom is -0.493 e. The van der Waals surface area contributed by atoms with Crippen LogP contribution < -0.4 is 20.7 Å². The lowest BCUT2D eigenvalue weighted by molar-refractivity contribution is 0.0947. The highest BCUT2D eigenvalue weighted by atomic mass is 35.5. The zero-order valence-corrected chi connectivity index (χ0v) is 18.6. The number of H-pyrrole nitrogens is 1. The van der Waals surface area contributed by atoms with E-state index < -0.39 is 0 Å². The van der Waals surface area contributed by atoms with Gasteiger partial charge in [0, 0.05) is 31.9 Å². The van der Waals surface area contributed by atoms with Gasteiger partial charge in [0.15, 0.2) is 11.6 Å². The summed E-state index contributed by atoms with van der Waals surface area (Å²) in [7, 11) is 3.31. The summed E-state index contributed by atoms with van der Waals surface area (Å²) < 4.78 is 7.05. The molecule has 0 aliphatic carbocycles. The number of halogens is 1. The normalized spacial score (nSPS) is 12.8. The average molecular weight is 466 g/mol. The van der Waals surface area contributed by atoms with E-state index in [4.69, 9.17) is 16.3 Å². The van der Waals surface area contributed by atoms with Crippen molar-refractivity contribution in [2.75, 3.05) is 24.3 Å². The second-order valence-corrected chi connectivity index (χ2v) is 7.76. The van der Waals surface area contributed by atoms with E-state index in [2.05, 4.69) is 41.2 Å². The molecule has 12 heteroatoms. The van der Waals surface area contributed by atoms with E-state index in [9.17, 15) is 4.79 Å². The lowest BCUT2D eigenvalue weighted by Gasteiger charge is -2.16. The zero-order chi connectivity index (χ0) is 22.9. The Hall–Kier alpha value is -4.12. The third-order valence-electron chi connectivity index (χ3n) is 5.15. The maximum absolute atomic E-state index is 12.8. The molecule has 4 aromatic rings. The number of nitrogens with one attached hydrogen (secondary N) is 4. The second-order valence-electron chi connectivity index (χ2n) is 7.35. The van der Waals surface area contributed by atoms with Gasteiger partial charge >= 0.3 is 0 Å². The number of anilines is 4. The number of fused-ring (bicyclic) bond motifs is 1.